The number of carboxylic acids is 1. The molecule has 0 saturated carbocycles. The highest BCUT2D eigenvalue weighted by atomic mass is 35.5. The first-order valence-corrected chi connectivity index (χ1v) is 7.89. The second kappa shape index (κ2) is 6.72. The van der Waals surface area contributed by atoms with Crippen molar-refractivity contribution in [1.82, 2.24) is 15.0 Å². The second-order valence-corrected chi connectivity index (χ2v) is 6.03. The number of nitrogens with one attached hydrogen (secondary N) is 1. The minimum absolute atomic E-state index is 0.292. The number of nitrogens with zero attached hydrogens (tertiary/aromatic N) is 2. The number of fused-ring (bicyclic) bond motifs is 1. The van der Waals surface area contributed by atoms with E-state index in [-0.39, 0.29) is 17.0 Å². The fourth-order valence-electron chi connectivity index (χ4n) is 2.47. The summed E-state index contributed by atoms with van der Waals surface area (Å²) >= 11 is 6.25. The van der Waals surface area contributed by atoms with E-state index in [1.165, 1.54) is 12.1 Å². The number of ether oxygens (including phenoxy) is 1. The molecule has 134 valence electrons. The Bertz CT molecular complexity index is 1080. The zero-order valence-electron chi connectivity index (χ0n) is 13.7. The zero-order valence-corrected chi connectivity index (χ0v) is 14.5. The van der Waals surface area contributed by atoms with Gasteiger partial charge < -0.3 is 14.8 Å². The normalized spacial score (nSPS) is 12.2. The molecule has 2 heterocycles. The van der Waals surface area contributed by atoms with Gasteiger partial charge in [0.1, 0.15) is 11.9 Å². The lowest BCUT2D eigenvalue weighted by atomic mass is 10.1. The molecule has 0 bridgehead atoms. The molecule has 26 heavy (non-hydrogen) atoms. The first-order chi connectivity index (χ1) is 12.3. The minimum Gasteiger partial charge on any atom is -0.478 e. The van der Waals surface area contributed by atoms with E-state index in [1.54, 1.807) is 13.8 Å². The fourth-order valence-corrected chi connectivity index (χ4v) is 2.78. The van der Waals surface area contributed by atoms with Gasteiger partial charge in [-0.05, 0) is 32.0 Å². The molecule has 0 fully saturated rings. The molecular formula is C17H13ClFN3O4. The Labute approximate surface area is 151 Å². The molecule has 1 aromatic carbocycles. The number of aromatic nitrogens is 3. The summed E-state index contributed by atoms with van der Waals surface area (Å²) in [7, 11) is 0. The molecule has 0 aliphatic carbocycles. The Morgan fingerprint density at radius 2 is 2.12 bits per heavy atom. The van der Waals surface area contributed by atoms with Crippen molar-refractivity contribution in [2.24, 2.45) is 0 Å². The smallest absolute Gasteiger partial charge is 0.337 e. The van der Waals surface area contributed by atoms with Crippen LogP contribution in [0.2, 0.25) is 5.02 Å². The zero-order chi connectivity index (χ0) is 19.0. The molecule has 3 aromatic rings. The quantitative estimate of drug-likeness (QED) is 0.723. The maximum Gasteiger partial charge on any atom is 0.337 e. The van der Waals surface area contributed by atoms with Crippen LogP contribution in [0.4, 0.5) is 4.39 Å². The third-order valence-corrected chi connectivity index (χ3v) is 4.05. The summed E-state index contributed by atoms with van der Waals surface area (Å²) in [4.78, 5) is 33.4. The molecule has 9 heteroatoms. The minimum atomic E-state index is -1.30. The van der Waals surface area contributed by atoms with Crippen LogP contribution in [0.25, 0.3) is 10.9 Å². The van der Waals surface area contributed by atoms with Gasteiger partial charge >= 0.3 is 5.97 Å². The van der Waals surface area contributed by atoms with Crippen LogP contribution in [-0.2, 0) is 0 Å². The van der Waals surface area contributed by atoms with Gasteiger partial charge in [-0.2, -0.15) is 0 Å². The molecule has 3 rings (SSSR count). The molecule has 1 atom stereocenters. The third kappa shape index (κ3) is 3.36. The van der Waals surface area contributed by atoms with Crippen molar-refractivity contribution in [2.45, 2.75) is 20.0 Å². The summed E-state index contributed by atoms with van der Waals surface area (Å²) in [5.74, 6) is -2.12. The lowest BCUT2D eigenvalue weighted by Crippen LogP contribution is -2.12. The van der Waals surface area contributed by atoms with E-state index in [0.29, 0.717) is 27.3 Å². The van der Waals surface area contributed by atoms with Gasteiger partial charge in [-0.15, -0.1) is 0 Å². The predicted molar refractivity (Wildman–Crippen MR) is 92.3 cm³/mol. The van der Waals surface area contributed by atoms with E-state index in [0.717, 1.165) is 12.3 Å². The largest absolute Gasteiger partial charge is 0.478 e. The highest BCUT2D eigenvalue weighted by molar-refractivity contribution is 6.32. The van der Waals surface area contributed by atoms with Crippen LogP contribution in [0.5, 0.6) is 5.88 Å². The number of carbonyl (C=O) groups is 1. The van der Waals surface area contributed by atoms with E-state index in [2.05, 4.69) is 15.0 Å². The number of halogens is 2. The number of rotatable bonds is 4. The van der Waals surface area contributed by atoms with Gasteiger partial charge in [-0.3, -0.25) is 4.79 Å². The lowest BCUT2D eigenvalue weighted by Gasteiger charge is -2.16. The van der Waals surface area contributed by atoms with Crippen molar-refractivity contribution in [3.63, 3.8) is 0 Å². The molecule has 1 unspecified atom stereocenters. The van der Waals surface area contributed by atoms with E-state index < -0.39 is 17.9 Å². The average molecular weight is 378 g/mol. The molecule has 7 nitrogen and oxygen atoms in total. The van der Waals surface area contributed by atoms with Crippen molar-refractivity contribution in [2.75, 3.05) is 0 Å². The first-order valence-electron chi connectivity index (χ1n) is 7.52. The number of benzene rings is 1. The fraction of sp³-hybridized carbons (Fsp3) is 0.176. The van der Waals surface area contributed by atoms with Crippen molar-refractivity contribution in [3.8, 4) is 5.88 Å². The van der Waals surface area contributed by atoms with E-state index in [1.807, 2.05) is 0 Å². The van der Waals surface area contributed by atoms with Gasteiger partial charge in [0.05, 0.1) is 16.5 Å². The molecular weight excluding hydrogens is 365 g/mol. The third-order valence-electron chi connectivity index (χ3n) is 3.72. The predicted octanol–water partition coefficient (Wildman–Crippen LogP) is 3.26. The highest BCUT2D eigenvalue weighted by Crippen LogP contribution is 2.30. The molecule has 0 spiro atoms. The standard InChI is InChI=1S/C17H13ClFN3O4/c1-7(26-16-13(19)3-9(6-20-16)17(24)25)10-4-11-14(5-12(10)18)21-8(2)22-15(11)23/h3-7H,1-2H3,(H,24,25)(H,21,22,23). The van der Waals surface area contributed by atoms with E-state index in [4.69, 9.17) is 21.4 Å². The summed E-state index contributed by atoms with van der Waals surface area (Å²) in [5.41, 5.74) is 0.257. The Kier molecular flexibility index (Phi) is 4.60. The van der Waals surface area contributed by atoms with Gasteiger partial charge in [0.2, 0.25) is 0 Å². The second-order valence-electron chi connectivity index (χ2n) is 5.62. The van der Waals surface area contributed by atoms with Crippen LogP contribution < -0.4 is 10.3 Å². The monoisotopic (exact) mass is 377 g/mol. The molecule has 2 aromatic heterocycles. The number of carboxylic acid groups (broad SMARTS) is 1. The van der Waals surface area contributed by atoms with Gasteiger partial charge in [0.25, 0.3) is 11.4 Å². The summed E-state index contributed by atoms with van der Waals surface area (Å²) in [6.45, 7) is 3.26. The summed E-state index contributed by atoms with van der Waals surface area (Å²) in [6, 6.07) is 3.87. The number of H-pyrrole nitrogens is 1. The Hall–Kier alpha value is -3.00. The van der Waals surface area contributed by atoms with E-state index in [9.17, 15) is 14.0 Å². The Morgan fingerprint density at radius 3 is 2.77 bits per heavy atom. The Balaban J connectivity index is 1.97. The van der Waals surface area contributed by atoms with Crippen LogP contribution in [0.3, 0.4) is 0 Å². The number of aromatic amines is 1. The lowest BCUT2D eigenvalue weighted by molar-refractivity contribution is 0.0695. The van der Waals surface area contributed by atoms with Crippen molar-refractivity contribution >= 4 is 28.5 Å². The highest BCUT2D eigenvalue weighted by Gasteiger charge is 2.18. The molecule has 0 amide bonds. The first kappa shape index (κ1) is 17.8. The van der Waals surface area contributed by atoms with Gasteiger partial charge in [0, 0.05) is 16.8 Å². The maximum atomic E-state index is 14.0. The van der Waals surface area contributed by atoms with Crippen LogP contribution in [0.1, 0.15) is 34.8 Å². The van der Waals surface area contributed by atoms with E-state index >= 15 is 0 Å². The number of pyridine rings is 1. The summed E-state index contributed by atoms with van der Waals surface area (Å²) in [5, 5.41) is 9.45. The molecule has 0 radical (unpaired) electrons. The molecule has 2 N–H and O–H groups in total. The van der Waals surface area contributed by atoms with Crippen LogP contribution in [0, 0.1) is 12.7 Å². The van der Waals surface area contributed by atoms with Crippen LogP contribution >= 0.6 is 11.6 Å². The van der Waals surface area contributed by atoms with Gasteiger partial charge in [0.15, 0.2) is 5.82 Å². The number of aromatic carboxylic acids is 1. The average Bonchev–Trinajstić information content (AvgIpc) is 2.55. The summed E-state index contributed by atoms with van der Waals surface area (Å²) < 4.78 is 19.5. The van der Waals surface area contributed by atoms with Crippen molar-refractivity contribution < 1.29 is 19.0 Å². The number of aryl methyl sites for hydroxylation is 1. The van der Waals surface area contributed by atoms with Crippen LogP contribution in [0.15, 0.2) is 29.2 Å². The number of hydrogen-bond donors (Lipinski definition) is 2. The summed E-state index contributed by atoms with van der Waals surface area (Å²) in [6.07, 6.45) is 0.248. The van der Waals surface area contributed by atoms with Crippen molar-refractivity contribution in [3.05, 3.63) is 62.5 Å². The maximum absolute atomic E-state index is 14.0. The Morgan fingerprint density at radius 1 is 1.38 bits per heavy atom. The topological polar surface area (TPSA) is 105 Å². The van der Waals surface area contributed by atoms with Crippen LogP contribution in [-0.4, -0.2) is 26.0 Å². The molecule has 0 saturated heterocycles. The van der Waals surface area contributed by atoms with Gasteiger partial charge in [-0.25, -0.2) is 19.2 Å². The molecule has 0 aliphatic rings. The molecule has 0 aliphatic heterocycles. The SMILES string of the molecule is Cc1nc2cc(Cl)c(C(C)Oc3ncc(C(=O)O)cc3F)cc2c(=O)[nH]1. The number of hydrogen-bond acceptors (Lipinski definition) is 5. The van der Waals surface area contributed by atoms with Gasteiger partial charge in [-0.1, -0.05) is 11.6 Å². The van der Waals surface area contributed by atoms with Crippen molar-refractivity contribution in [1.29, 1.82) is 0 Å².